The summed E-state index contributed by atoms with van der Waals surface area (Å²) in [7, 11) is 0. The van der Waals surface area contributed by atoms with Crippen LogP contribution in [0.2, 0.25) is 5.02 Å². The predicted molar refractivity (Wildman–Crippen MR) is 89.0 cm³/mol. The van der Waals surface area contributed by atoms with E-state index in [1.165, 1.54) is 0 Å². The van der Waals surface area contributed by atoms with E-state index >= 15 is 0 Å². The molecule has 124 valence electrons. The average molecular weight is 349 g/mol. The summed E-state index contributed by atoms with van der Waals surface area (Å²) in [6.07, 6.45) is -0.299. The van der Waals surface area contributed by atoms with Gasteiger partial charge in [0.15, 0.2) is 0 Å². The zero-order chi connectivity index (χ0) is 15.2. The Labute approximate surface area is 142 Å². The van der Waals surface area contributed by atoms with E-state index in [4.69, 9.17) is 21.1 Å². The van der Waals surface area contributed by atoms with Crippen LogP contribution in [0.25, 0.3) is 0 Å². The first-order valence-corrected chi connectivity index (χ1v) is 7.49. The van der Waals surface area contributed by atoms with Crippen molar-refractivity contribution in [3.05, 3.63) is 29.3 Å². The molecule has 1 aliphatic heterocycles. The second-order valence-electron chi connectivity index (χ2n) is 5.11. The van der Waals surface area contributed by atoms with E-state index in [1.54, 1.807) is 12.1 Å². The van der Waals surface area contributed by atoms with Crippen molar-refractivity contribution in [1.82, 2.24) is 10.6 Å². The normalized spacial score (nSPS) is 22.3. The van der Waals surface area contributed by atoms with Gasteiger partial charge in [-0.2, -0.15) is 0 Å². The van der Waals surface area contributed by atoms with Gasteiger partial charge >= 0.3 is 0 Å². The molecule has 2 rings (SSSR count). The van der Waals surface area contributed by atoms with E-state index in [0.29, 0.717) is 30.5 Å². The van der Waals surface area contributed by atoms with Crippen LogP contribution in [-0.4, -0.2) is 43.9 Å². The molecule has 0 aromatic heterocycles. The van der Waals surface area contributed by atoms with Crippen LogP contribution >= 0.6 is 24.0 Å². The summed E-state index contributed by atoms with van der Waals surface area (Å²) in [5, 5.41) is 6.59. The molecule has 2 N–H and O–H groups in total. The number of halogens is 2. The third-order valence-electron chi connectivity index (χ3n) is 3.33. The quantitative estimate of drug-likeness (QED) is 0.854. The molecule has 5 nitrogen and oxygen atoms in total. The summed E-state index contributed by atoms with van der Waals surface area (Å²) in [6.45, 7) is 5.51. The Morgan fingerprint density at radius 3 is 2.95 bits per heavy atom. The molecule has 0 spiro atoms. The third kappa shape index (κ3) is 5.32. The van der Waals surface area contributed by atoms with Crippen molar-refractivity contribution in [2.45, 2.75) is 32.1 Å². The van der Waals surface area contributed by atoms with Crippen LogP contribution in [0.1, 0.15) is 13.8 Å². The fourth-order valence-corrected chi connectivity index (χ4v) is 2.36. The minimum Gasteiger partial charge on any atom is -0.487 e. The minimum atomic E-state index is -0.314. The minimum absolute atomic E-state index is 0. The molecule has 1 aromatic carbocycles. The first-order valence-electron chi connectivity index (χ1n) is 7.12. The lowest BCUT2D eigenvalue weighted by molar-refractivity contribution is -0.129. The highest BCUT2D eigenvalue weighted by Gasteiger charge is 2.28. The lowest BCUT2D eigenvalue weighted by atomic mass is 10.1. The Hall–Kier alpha value is -1.01. The van der Waals surface area contributed by atoms with Crippen LogP contribution in [0.15, 0.2) is 24.3 Å². The molecule has 22 heavy (non-hydrogen) atoms. The summed E-state index contributed by atoms with van der Waals surface area (Å²) in [5.41, 5.74) is 0. The van der Waals surface area contributed by atoms with Gasteiger partial charge in [-0.3, -0.25) is 4.79 Å². The van der Waals surface area contributed by atoms with Crippen LogP contribution in [0.5, 0.6) is 5.75 Å². The van der Waals surface area contributed by atoms with E-state index in [2.05, 4.69) is 10.6 Å². The van der Waals surface area contributed by atoms with E-state index in [0.717, 1.165) is 0 Å². The van der Waals surface area contributed by atoms with Gasteiger partial charge in [0.1, 0.15) is 17.9 Å². The number of benzene rings is 1. The summed E-state index contributed by atoms with van der Waals surface area (Å²) in [6, 6.07) is 6.97. The first-order chi connectivity index (χ1) is 10.1. The maximum atomic E-state index is 12.1. The highest BCUT2D eigenvalue weighted by molar-refractivity contribution is 6.32. The van der Waals surface area contributed by atoms with Gasteiger partial charge in [0, 0.05) is 6.54 Å². The van der Waals surface area contributed by atoms with Crippen molar-refractivity contribution < 1.29 is 14.3 Å². The van der Waals surface area contributed by atoms with E-state index in [-0.39, 0.29) is 36.6 Å². The van der Waals surface area contributed by atoms with Crippen molar-refractivity contribution in [3.63, 3.8) is 0 Å². The first kappa shape index (κ1) is 19.0. The topological polar surface area (TPSA) is 59.6 Å². The van der Waals surface area contributed by atoms with Crippen molar-refractivity contribution in [2.24, 2.45) is 0 Å². The van der Waals surface area contributed by atoms with E-state index in [9.17, 15) is 4.79 Å². The van der Waals surface area contributed by atoms with E-state index < -0.39 is 0 Å². The van der Waals surface area contributed by atoms with Gasteiger partial charge < -0.3 is 20.1 Å². The van der Waals surface area contributed by atoms with Crippen LogP contribution in [0.3, 0.4) is 0 Å². The molecular formula is C15H22Cl2N2O3. The van der Waals surface area contributed by atoms with Crippen molar-refractivity contribution in [2.75, 3.05) is 19.7 Å². The number of hydrogen-bond donors (Lipinski definition) is 2. The third-order valence-corrected chi connectivity index (χ3v) is 3.64. The highest BCUT2D eigenvalue weighted by Crippen LogP contribution is 2.24. The molecule has 1 aliphatic rings. The van der Waals surface area contributed by atoms with Crippen LogP contribution in [0.4, 0.5) is 0 Å². The summed E-state index contributed by atoms with van der Waals surface area (Å²) in [5.74, 6) is 0.546. The Bertz CT molecular complexity index is 488. The lowest BCUT2D eigenvalue weighted by Gasteiger charge is -2.29. The number of morpholine rings is 1. The molecule has 0 saturated carbocycles. The fraction of sp³-hybridized carbons (Fsp3) is 0.533. The van der Waals surface area contributed by atoms with Gasteiger partial charge in [0.05, 0.1) is 24.3 Å². The van der Waals surface area contributed by atoms with Crippen LogP contribution in [0, 0.1) is 0 Å². The van der Waals surface area contributed by atoms with Gasteiger partial charge in [0.25, 0.3) is 0 Å². The molecule has 1 heterocycles. The number of ether oxygens (including phenoxy) is 2. The molecule has 1 saturated heterocycles. The molecule has 1 unspecified atom stereocenters. The Morgan fingerprint density at radius 2 is 2.27 bits per heavy atom. The maximum Gasteiger partial charge on any atom is 0.239 e. The summed E-state index contributed by atoms with van der Waals surface area (Å²) >= 11 is 6.03. The van der Waals surface area contributed by atoms with Crippen LogP contribution in [-0.2, 0) is 9.53 Å². The number of amides is 1. The van der Waals surface area contributed by atoms with Crippen molar-refractivity contribution in [1.29, 1.82) is 0 Å². The second-order valence-corrected chi connectivity index (χ2v) is 5.52. The SMILES string of the molecule is CC(CNC(=O)[C@H]1NCCO[C@@H]1C)Oc1ccccc1Cl.Cl. The molecule has 0 radical (unpaired) electrons. The van der Waals surface area contributed by atoms with E-state index in [1.807, 2.05) is 26.0 Å². The van der Waals surface area contributed by atoms with Crippen LogP contribution < -0.4 is 15.4 Å². The molecule has 7 heteroatoms. The molecule has 3 atom stereocenters. The largest absolute Gasteiger partial charge is 0.487 e. The van der Waals surface area contributed by atoms with Gasteiger partial charge in [0.2, 0.25) is 5.91 Å². The fourth-order valence-electron chi connectivity index (χ4n) is 2.18. The van der Waals surface area contributed by atoms with Crippen molar-refractivity contribution in [3.8, 4) is 5.75 Å². The second kappa shape index (κ2) is 9.20. The number of hydrogen-bond acceptors (Lipinski definition) is 4. The smallest absolute Gasteiger partial charge is 0.239 e. The number of rotatable bonds is 5. The molecule has 1 aromatic rings. The summed E-state index contributed by atoms with van der Waals surface area (Å²) in [4.78, 5) is 12.1. The van der Waals surface area contributed by atoms with Gasteiger partial charge in [-0.05, 0) is 26.0 Å². The molecule has 0 bridgehead atoms. The lowest BCUT2D eigenvalue weighted by Crippen LogP contribution is -2.56. The Kier molecular flexibility index (Phi) is 7.96. The summed E-state index contributed by atoms with van der Waals surface area (Å²) < 4.78 is 11.2. The zero-order valence-corrected chi connectivity index (χ0v) is 14.2. The number of carbonyl (C=O) groups excluding carboxylic acids is 1. The number of nitrogens with one attached hydrogen (secondary N) is 2. The van der Waals surface area contributed by atoms with Gasteiger partial charge in [-0.15, -0.1) is 12.4 Å². The van der Waals surface area contributed by atoms with Gasteiger partial charge in [-0.1, -0.05) is 23.7 Å². The Balaban J connectivity index is 0.00000242. The van der Waals surface area contributed by atoms with Crippen molar-refractivity contribution >= 4 is 29.9 Å². The zero-order valence-electron chi connectivity index (χ0n) is 12.7. The monoisotopic (exact) mass is 348 g/mol. The average Bonchev–Trinajstić information content (AvgIpc) is 2.48. The standard InChI is InChI=1S/C15H21ClN2O3.ClH/c1-10(21-13-6-4-3-5-12(13)16)9-18-15(19)14-11(2)20-8-7-17-14;/h3-6,10-11,14,17H,7-9H2,1-2H3,(H,18,19);1H/t10?,11-,14+;/m1./s1. The molecule has 1 amide bonds. The number of carbonyl (C=O) groups is 1. The molecule has 0 aliphatic carbocycles. The highest BCUT2D eigenvalue weighted by atomic mass is 35.5. The maximum absolute atomic E-state index is 12.1. The predicted octanol–water partition coefficient (Wildman–Crippen LogP) is 2.02. The number of para-hydroxylation sites is 1. The molecular weight excluding hydrogens is 327 g/mol. The Morgan fingerprint density at radius 1 is 1.55 bits per heavy atom. The van der Waals surface area contributed by atoms with Gasteiger partial charge in [-0.25, -0.2) is 0 Å². The molecule has 1 fully saturated rings.